The van der Waals surface area contributed by atoms with Crippen molar-refractivity contribution in [1.82, 2.24) is 10.2 Å². The summed E-state index contributed by atoms with van der Waals surface area (Å²) in [5.74, 6) is -1.45. The molecule has 1 fully saturated rings. The van der Waals surface area contributed by atoms with Gasteiger partial charge in [-0.3, -0.25) is 14.5 Å². The minimum atomic E-state index is -1.07. The number of hydrogen-bond donors (Lipinski definition) is 2. The summed E-state index contributed by atoms with van der Waals surface area (Å²) < 4.78 is 13.2. The summed E-state index contributed by atoms with van der Waals surface area (Å²) in [7, 11) is 0. The molecule has 1 aromatic heterocycles. The zero-order valence-electron chi connectivity index (χ0n) is 13.8. The van der Waals surface area contributed by atoms with Crippen molar-refractivity contribution in [2.45, 2.75) is 24.8 Å². The zero-order valence-corrected chi connectivity index (χ0v) is 14.6. The Morgan fingerprint density at radius 2 is 2.19 bits per heavy atom. The number of thiophene rings is 1. The zero-order chi connectivity index (χ0) is 18.3. The summed E-state index contributed by atoms with van der Waals surface area (Å²) in [6.45, 7) is -0.414. The summed E-state index contributed by atoms with van der Waals surface area (Å²) in [5, 5.41) is 7.21. The van der Waals surface area contributed by atoms with Crippen LogP contribution in [0, 0.1) is 5.82 Å². The molecule has 1 spiro atoms. The topological polar surface area (TPSA) is 78.5 Å². The highest BCUT2D eigenvalue weighted by atomic mass is 32.1. The van der Waals surface area contributed by atoms with Crippen molar-refractivity contribution in [2.75, 3.05) is 11.9 Å². The molecule has 8 heteroatoms. The molecule has 0 bridgehead atoms. The van der Waals surface area contributed by atoms with E-state index in [0.717, 1.165) is 28.2 Å². The fourth-order valence-corrected chi connectivity index (χ4v) is 4.60. The van der Waals surface area contributed by atoms with Crippen LogP contribution < -0.4 is 10.6 Å². The third-order valence-electron chi connectivity index (χ3n) is 4.75. The van der Waals surface area contributed by atoms with Crippen LogP contribution in [-0.4, -0.2) is 29.3 Å². The monoisotopic (exact) mass is 373 g/mol. The van der Waals surface area contributed by atoms with E-state index in [1.165, 1.54) is 24.3 Å². The molecular formula is C18H16FN3O3S. The number of aryl methyl sites for hydroxylation is 1. The van der Waals surface area contributed by atoms with Crippen LogP contribution in [0.3, 0.4) is 0 Å². The molecule has 1 aliphatic heterocycles. The first-order valence-electron chi connectivity index (χ1n) is 8.26. The summed E-state index contributed by atoms with van der Waals surface area (Å²) in [6.07, 6.45) is 2.20. The van der Waals surface area contributed by atoms with E-state index in [1.807, 2.05) is 11.4 Å². The Morgan fingerprint density at radius 3 is 3.00 bits per heavy atom. The molecular weight excluding hydrogens is 357 g/mol. The van der Waals surface area contributed by atoms with Crippen molar-refractivity contribution in [3.63, 3.8) is 0 Å². The molecule has 2 aromatic rings. The third-order valence-corrected chi connectivity index (χ3v) is 5.73. The number of urea groups is 1. The first kappa shape index (κ1) is 16.7. The van der Waals surface area contributed by atoms with Crippen LogP contribution in [0.15, 0.2) is 35.7 Å². The molecule has 1 aromatic carbocycles. The Morgan fingerprint density at radius 1 is 1.35 bits per heavy atom. The standard InChI is InChI=1S/C18H16FN3O3S/c19-11-3-1-4-12(9-11)20-15(23)10-22-16(24)18(21-17(22)25)7-2-5-14-13(18)6-8-26-14/h1,3-4,6,8-9H,2,5,7,10H2,(H,20,23)(H,21,25)/t18-/m0/s1. The number of anilines is 1. The van der Waals surface area contributed by atoms with Crippen LogP contribution >= 0.6 is 11.3 Å². The van der Waals surface area contributed by atoms with Gasteiger partial charge in [0.25, 0.3) is 5.91 Å². The minimum absolute atomic E-state index is 0.273. The second-order valence-corrected chi connectivity index (χ2v) is 7.40. The first-order chi connectivity index (χ1) is 12.5. The van der Waals surface area contributed by atoms with Crippen molar-refractivity contribution < 1.29 is 18.8 Å². The first-order valence-corrected chi connectivity index (χ1v) is 9.14. The molecule has 1 aliphatic carbocycles. The lowest BCUT2D eigenvalue weighted by Gasteiger charge is -2.31. The van der Waals surface area contributed by atoms with Crippen LogP contribution in [0.4, 0.5) is 14.9 Å². The summed E-state index contributed by atoms with van der Waals surface area (Å²) in [5.41, 5.74) is 0.0405. The predicted octanol–water partition coefficient (Wildman–Crippen LogP) is 2.61. The Labute approximate surface area is 153 Å². The highest BCUT2D eigenvalue weighted by molar-refractivity contribution is 7.10. The Balaban J connectivity index is 1.53. The molecule has 1 atom stereocenters. The van der Waals surface area contributed by atoms with Gasteiger partial charge in [0.2, 0.25) is 5.91 Å². The second-order valence-electron chi connectivity index (χ2n) is 6.40. The predicted molar refractivity (Wildman–Crippen MR) is 94.2 cm³/mol. The van der Waals surface area contributed by atoms with Crippen molar-refractivity contribution in [3.05, 3.63) is 52.0 Å². The molecule has 0 radical (unpaired) electrons. The molecule has 2 N–H and O–H groups in total. The Hall–Kier alpha value is -2.74. The van der Waals surface area contributed by atoms with E-state index in [2.05, 4.69) is 10.6 Å². The van der Waals surface area contributed by atoms with Gasteiger partial charge in [-0.05, 0) is 48.9 Å². The van der Waals surface area contributed by atoms with Gasteiger partial charge in [0, 0.05) is 16.1 Å². The second kappa shape index (κ2) is 6.21. The molecule has 2 heterocycles. The normalized spacial score (nSPS) is 21.7. The maximum atomic E-state index is 13.2. The van der Waals surface area contributed by atoms with Crippen LogP contribution in [0.5, 0.6) is 0 Å². The van der Waals surface area contributed by atoms with E-state index >= 15 is 0 Å². The van der Waals surface area contributed by atoms with E-state index in [1.54, 1.807) is 11.3 Å². The molecule has 4 amide bonds. The molecule has 6 nitrogen and oxygen atoms in total. The van der Waals surface area contributed by atoms with Gasteiger partial charge < -0.3 is 10.6 Å². The lowest BCUT2D eigenvalue weighted by atomic mass is 9.80. The quantitative estimate of drug-likeness (QED) is 0.812. The van der Waals surface area contributed by atoms with Crippen LogP contribution in [0.1, 0.15) is 23.3 Å². The number of benzene rings is 1. The molecule has 0 saturated carbocycles. The van der Waals surface area contributed by atoms with Crippen LogP contribution in [-0.2, 0) is 21.5 Å². The molecule has 134 valence electrons. The summed E-state index contributed by atoms with van der Waals surface area (Å²) >= 11 is 1.57. The highest BCUT2D eigenvalue weighted by Gasteiger charge is 2.54. The van der Waals surface area contributed by atoms with Crippen molar-refractivity contribution in [3.8, 4) is 0 Å². The maximum absolute atomic E-state index is 13.2. The number of carbonyl (C=O) groups excluding carboxylic acids is 3. The highest BCUT2D eigenvalue weighted by Crippen LogP contribution is 2.42. The number of carbonyl (C=O) groups is 3. The summed E-state index contributed by atoms with van der Waals surface area (Å²) in [6, 6.07) is 6.72. The third kappa shape index (κ3) is 2.66. The van der Waals surface area contributed by atoms with Gasteiger partial charge in [0.15, 0.2) is 0 Å². The molecule has 4 rings (SSSR count). The van der Waals surface area contributed by atoms with Gasteiger partial charge >= 0.3 is 6.03 Å². The lowest BCUT2D eigenvalue weighted by Crippen LogP contribution is -2.46. The van der Waals surface area contributed by atoms with Gasteiger partial charge in [0.1, 0.15) is 17.9 Å². The van der Waals surface area contributed by atoms with Crippen molar-refractivity contribution in [1.29, 1.82) is 0 Å². The van der Waals surface area contributed by atoms with Gasteiger partial charge in [-0.2, -0.15) is 0 Å². The van der Waals surface area contributed by atoms with Gasteiger partial charge in [-0.1, -0.05) is 6.07 Å². The summed E-state index contributed by atoms with van der Waals surface area (Å²) in [4.78, 5) is 39.6. The fraction of sp³-hybridized carbons (Fsp3) is 0.278. The average Bonchev–Trinajstić information content (AvgIpc) is 3.16. The Kier molecular flexibility index (Phi) is 3.99. The number of hydrogen-bond acceptors (Lipinski definition) is 4. The fourth-order valence-electron chi connectivity index (χ4n) is 3.60. The Bertz CT molecular complexity index is 913. The van der Waals surface area contributed by atoms with Crippen LogP contribution in [0.25, 0.3) is 0 Å². The number of amides is 4. The van der Waals surface area contributed by atoms with Gasteiger partial charge in [-0.25, -0.2) is 9.18 Å². The molecule has 2 aliphatic rings. The number of rotatable bonds is 3. The number of fused-ring (bicyclic) bond motifs is 2. The largest absolute Gasteiger partial charge is 0.325 e. The maximum Gasteiger partial charge on any atom is 0.325 e. The SMILES string of the molecule is O=C(CN1C(=O)N[C@]2(CCCc3sccc32)C1=O)Nc1cccc(F)c1. The van der Waals surface area contributed by atoms with E-state index < -0.39 is 35.7 Å². The number of nitrogens with zero attached hydrogens (tertiary/aromatic N) is 1. The van der Waals surface area contributed by atoms with E-state index in [-0.39, 0.29) is 5.69 Å². The van der Waals surface area contributed by atoms with Crippen molar-refractivity contribution >= 4 is 34.9 Å². The van der Waals surface area contributed by atoms with E-state index in [4.69, 9.17) is 0 Å². The smallest absolute Gasteiger partial charge is 0.324 e. The minimum Gasteiger partial charge on any atom is -0.324 e. The van der Waals surface area contributed by atoms with Gasteiger partial charge in [-0.15, -0.1) is 11.3 Å². The van der Waals surface area contributed by atoms with Crippen molar-refractivity contribution in [2.24, 2.45) is 0 Å². The number of nitrogens with one attached hydrogen (secondary N) is 2. The van der Waals surface area contributed by atoms with E-state index in [0.29, 0.717) is 6.42 Å². The average molecular weight is 373 g/mol. The molecule has 1 saturated heterocycles. The van der Waals surface area contributed by atoms with Gasteiger partial charge in [0.05, 0.1) is 0 Å². The van der Waals surface area contributed by atoms with Crippen LogP contribution in [0.2, 0.25) is 0 Å². The lowest BCUT2D eigenvalue weighted by molar-refractivity contribution is -0.134. The molecule has 26 heavy (non-hydrogen) atoms. The number of imide groups is 1. The van der Waals surface area contributed by atoms with E-state index in [9.17, 15) is 18.8 Å². The number of halogens is 1. The molecule has 0 unspecified atom stereocenters.